The molecule has 0 radical (unpaired) electrons. The van der Waals surface area contributed by atoms with Crippen molar-refractivity contribution in [1.82, 2.24) is 5.32 Å². The second kappa shape index (κ2) is 9.97. The van der Waals surface area contributed by atoms with E-state index in [1.807, 2.05) is 30.3 Å². The Balaban J connectivity index is 2.07. The van der Waals surface area contributed by atoms with E-state index in [1.54, 1.807) is 0 Å². The molecule has 1 amide bonds. The van der Waals surface area contributed by atoms with Crippen molar-refractivity contribution >= 4 is 11.9 Å². The van der Waals surface area contributed by atoms with Gasteiger partial charge in [0.25, 0.3) is 0 Å². The molecule has 0 saturated heterocycles. The molecule has 0 unspecified atom stereocenters. The Morgan fingerprint density at radius 2 is 1.85 bits per heavy atom. The van der Waals surface area contributed by atoms with Crippen LogP contribution in [0.4, 0.5) is 0 Å². The fourth-order valence-corrected chi connectivity index (χ4v) is 1.63. The highest BCUT2D eigenvalue weighted by atomic mass is 16.5. The molecule has 0 heterocycles. The third-order valence-electron chi connectivity index (χ3n) is 2.75. The summed E-state index contributed by atoms with van der Waals surface area (Å²) in [6.07, 6.45) is 2.26. The monoisotopic (exact) mass is 278 g/mol. The standard InChI is InChI=1S/C15H22N2O3/c16-10-5-4-8-14(18)17-11-9-15(19)20-12-13-6-2-1-3-7-13/h1-3,6-7H,4-5,8-12,16H2,(H,17,18). The van der Waals surface area contributed by atoms with Gasteiger partial charge in [-0.3, -0.25) is 9.59 Å². The molecular weight excluding hydrogens is 256 g/mol. The van der Waals surface area contributed by atoms with E-state index in [0.717, 1.165) is 18.4 Å². The van der Waals surface area contributed by atoms with E-state index >= 15 is 0 Å². The van der Waals surface area contributed by atoms with E-state index in [9.17, 15) is 9.59 Å². The topological polar surface area (TPSA) is 81.4 Å². The van der Waals surface area contributed by atoms with Crippen molar-refractivity contribution in [1.29, 1.82) is 0 Å². The minimum Gasteiger partial charge on any atom is -0.461 e. The van der Waals surface area contributed by atoms with Crippen LogP contribution in [0.3, 0.4) is 0 Å². The highest BCUT2D eigenvalue weighted by molar-refractivity contribution is 5.76. The summed E-state index contributed by atoms with van der Waals surface area (Å²) in [6, 6.07) is 9.49. The number of hydrogen-bond donors (Lipinski definition) is 2. The third kappa shape index (κ3) is 7.53. The van der Waals surface area contributed by atoms with Crippen LogP contribution >= 0.6 is 0 Å². The second-order valence-corrected chi connectivity index (χ2v) is 4.49. The van der Waals surface area contributed by atoms with Crippen LogP contribution in [0.25, 0.3) is 0 Å². The van der Waals surface area contributed by atoms with Crippen LogP contribution in [0.15, 0.2) is 30.3 Å². The number of nitrogens with two attached hydrogens (primary N) is 1. The first-order valence-electron chi connectivity index (χ1n) is 6.88. The SMILES string of the molecule is NCCCCC(=O)NCCC(=O)OCc1ccccc1. The van der Waals surface area contributed by atoms with E-state index in [-0.39, 0.29) is 24.9 Å². The van der Waals surface area contributed by atoms with Gasteiger partial charge in [-0.25, -0.2) is 0 Å². The van der Waals surface area contributed by atoms with Crippen molar-refractivity contribution < 1.29 is 14.3 Å². The number of carbonyl (C=O) groups excluding carboxylic acids is 2. The molecule has 5 heteroatoms. The first kappa shape index (κ1) is 16.2. The molecule has 1 rings (SSSR count). The van der Waals surface area contributed by atoms with E-state index in [1.165, 1.54) is 0 Å². The summed E-state index contributed by atoms with van der Waals surface area (Å²) in [5, 5.41) is 2.69. The summed E-state index contributed by atoms with van der Waals surface area (Å²) in [7, 11) is 0. The maximum atomic E-state index is 11.5. The molecule has 110 valence electrons. The van der Waals surface area contributed by atoms with Gasteiger partial charge in [0.2, 0.25) is 5.91 Å². The average molecular weight is 278 g/mol. The molecule has 1 aromatic rings. The number of amides is 1. The zero-order valence-electron chi connectivity index (χ0n) is 11.6. The quantitative estimate of drug-likeness (QED) is 0.528. The Morgan fingerprint density at radius 3 is 2.55 bits per heavy atom. The predicted molar refractivity (Wildman–Crippen MR) is 76.8 cm³/mol. The second-order valence-electron chi connectivity index (χ2n) is 4.49. The zero-order valence-corrected chi connectivity index (χ0v) is 11.6. The molecular formula is C15H22N2O3. The lowest BCUT2D eigenvalue weighted by atomic mass is 10.2. The van der Waals surface area contributed by atoms with Crippen LogP contribution in [0.1, 0.15) is 31.2 Å². The maximum absolute atomic E-state index is 11.5. The maximum Gasteiger partial charge on any atom is 0.307 e. The van der Waals surface area contributed by atoms with Gasteiger partial charge in [0.15, 0.2) is 0 Å². The molecule has 0 bridgehead atoms. The number of carbonyl (C=O) groups is 2. The molecule has 1 aromatic carbocycles. The Kier molecular flexibility index (Phi) is 8.07. The number of ether oxygens (including phenoxy) is 1. The number of esters is 1. The summed E-state index contributed by atoms with van der Waals surface area (Å²) in [5.74, 6) is -0.356. The van der Waals surface area contributed by atoms with Gasteiger partial charge in [0.05, 0.1) is 6.42 Å². The molecule has 0 atom stereocenters. The third-order valence-corrected chi connectivity index (χ3v) is 2.75. The molecule has 5 nitrogen and oxygen atoms in total. The molecule has 0 saturated carbocycles. The fraction of sp³-hybridized carbons (Fsp3) is 0.467. The lowest BCUT2D eigenvalue weighted by Gasteiger charge is -2.06. The molecule has 3 N–H and O–H groups in total. The van der Waals surface area contributed by atoms with Crippen LogP contribution in [-0.4, -0.2) is 25.0 Å². The summed E-state index contributed by atoms with van der Waals surface area (Å²) in [6.45, 7) is 1.18. The van der Waals surface area contributed by atoms with Gasteiger partial charge in [0.1, 0.15) is 6.61 Å². The Hall–Kier alpha value is -1.88. The zero-order chi connectivity index (χ0) is 14.6. The number of benzene rings is 1. The first-order chi connectivity index (χ1) is 9.72. The summed E-state index contributed by atoms with van der Waals surface area (Å²) < 4.78 is 5.10. The fourth-order valence-electron chi connectivity index (χ4n) is 1.63. The Labute approximate surface area is 119 Å². The lowest BCUT2D eigenvalue weighted by molar-refractivity contribution is -0.144. The molecule has 0 aliphatic rings. The molecule has 0 aliphatic heterocycles. The van der Waals surface area contributed by atoms with E-state index in [2.05, 4.69) is 5.32 Å². The van der Waals surface area contributed by atoms with Crippen molar-refractivity contribution in [2.24, 2.45) is 5.73 Å². The van der Waals surface area contributed by atoms with E-state index in [0.29, 0.717) is 19.5 Å². The number of nitrogens with one attached hydrogen (secondary N) is 1. The van der Waals surface area contributed by atoms with Crippen LogP contribution < -0.4 is 11.1 Å². The van der Waals surface area contributed by atoms with Gasteiger partial charge in [-0.15, -0.1) is 0 Å². The summed E-state index contributed by atoms with van der Waals surface area (Å²) in [5.41, 5.74) is 6.29. The summed E-state index contributed by atoms with van der Waals surface area (Å²) >= 11 is 0. The van der Waals surface area contributed by atoms with Gasteiger partial charge < -0.3 is 15.8 Å². The first-order valence-corrected chi connectivity index (χ1v) is 6.88. The smallest absolute Gasteiger partial charge is 0.307 e. The minimum absolute atomic E-state index is 0.0469. The van der Waals surface area contributed by atoms with Crippen molar-refractivity contribution in [3.05, 3.63) is 35.9 Å². The van der Waals surface area contributed by atoms with Crippen LogP contribution in [0, 0.1) is 0 Å². The van der Waals surface area contributed by atoms with E-state index < -0.39 is 0 Å². The Bertz CT molecular complexity index is 407. The lowest BCUT2D eigenvalue weighted by Crippen LogP contribution is -2.26. The van der Waals surface area contributed by atoms with Crippen molar-refractivity contribution in [3.63, 3.8) is 0 Å². The molecule has 0 aromatic heterocycles. The van der Waals surface area contributed by atoms with Crippen molar-refractivity contribution in [2.45, 2.75) is 32.3 Å². The normalized spacial score (nSPS) is 10.1. The van der Waals surface area contributed by atoms with Gasteiger partial charge in [-0.1, -0.05) is 30.3 Å². The number of rotatable bonds is 9. The van der Waals surface area contributed by atoms with Gasteiger partial charge >= 0.3 is 5.97 Å². The molecule has 0 fully saturated rings. The van der Waals surface area contributed by atoms with Gasteiger partial charge in [-0.05, 0) is 24.9 Å². The van der Waals surface area contributed by atoms with Crippen LogP contribution in [0.2, 0.25) is 0 Å². The Morgan fingerprint density at radius 1 is 1.10 bits per heavy atom. The van der Waals surface area contributed by atoms with Crippen LogP contribution in [-0.2, 0) is 20.9 Å². The number of unbranched alkanes of at least 4 members (excludes halogenated alkanes) is 1. The molecule has 0 spiro atoms. The van der Waals surface area contributed by atoms with Crippen LogP contribution in [0.5, 0.6) is 0 Å². The van der Waals surface area contributed by atoms with Gasteiger partial charge in [0, 0.05) is 13.0 Å². The van der Waals surface area contributed by atoms with Crippen molar-refractivity contribution in [3.8, 4) is 0 Å². The predicted octanol–water partition coefficient (Wildman–Crippen LogP) is 1.37. The summed E-state index contributed by atoms with van der Waals surface area (Å²) in [4.78, 5) is 22.8. The highest BCUT2D eigenvalue weighted by Crippen LogP contribution is 2.01. The average Bonchev–Trinajstić information content (AvgIpc) is 2.46. The largest absolute Gasteiger partial charge is 0.461 e. The minimum atomic E-state index is -0.309. The number of hydrogen-bond acceptors (Lipinski definition) is 4. The van der Waals surface area contributed by atoms with E-state index in [4.69, 9.17) is 10.5 Å². The molecule has 20 heavy (non-hydrogen) atoms. The van der Waals surface area contributed by atoms with Gasteiger partial charge in [-0.2, -0.15) is 0 Å². The molecule has 0 aliphatic carbocycles. The highest BCUT2D eigenvalue weighted by Gasteiger charge is 2.05. The van der Waals surface area contributed by atoms with Crippen molar-refractivity contribution in [2.75, 3.05) is 13.1 Å².